The van der Waals surface area contributed by atoms with Gasteiger partial charge in [0.15, 0.2) is 0 Å². The van der Waals surface area contributed by atoms with Crippen LogP contribution in [0.25, 0.3) is 54.9 Å². The third kappa shape index (κ3) is 2.32. The first kappa shape index (κ1) is 18.2. The molecule has 6 aromatic rings. The molecular weight excluding hydrogens is 420 g/mol. The molecule has 35 heavy (non-hydrogen) atoms. The molecule has 0 unspecified atom stereocenters. The van der Waals surface area contributed by atoms with E-state index in [9.17, 15) is 0 Å². The lowest BCUT2D eigenvalue weighted by atomic mass is 9.95. The van der Waals surface area contributed by atoms with Crippen molar-refractivity contribution in [1.29, 1.82) is 0 Å². The predicted molar refractivity (Wildman–Crippen MR) is 146 cm³/mol. The fourth-order valence-electron chi connectivity index (χ4n) is 7.12. The Morgan fingerprint density at radius 1 is 0.343 bits per heavy atom. The van der Waals surface area contributed by atoms with Crippen molar-refractivity contribution in [3.8, 4) is 33.4 Å². The van der Waals surface area contributed by atoms with E-state index in [0.717, 1.165) is 19.3 Å². The first-order valence-corrected chi connectivity index (χ1v) is 12.7. The maximum atomic E-state index is 2.51. The minimum absolute atomic E-state index is 1.04. The van der Waals surface area contributed by atoms with Crippen LogP contribution in [0.15, 0.2) is 97.1 Å². The van der Waals surface area contributed by atoms with Gasteiger partial charge in [-0.1, -0.05) is 78.9 Å². The fourth-order valence-corrected chi connectivity index (χ4v) is 7.12. The summed E-state index contributed by atoms with van der Waals surface area (Å²) in [4.78, 5) is 0. The minimum Gasteiger partial charge on any atom is -0.0616 e. The lowest BCUT2D eigenvalue weighted by Gasteiger charge is -2.08. The van der Waals surface area contributed by atoms with Crippen LogP contribution in [0.5, 0.6) is 0 Å². The SMILES string of the molecule is c1ccc2cc3c(cc2c1)Cc1cc2c(cc1-3)Cc1c-2ccc2c1Cc1c-2ccc2ccccc12. The smallest absolute Gasteiger partial charge is 0.000421 e. The van der Waals surface area contributed by atoms with Crippen LogP contribution in [0.2, 0.25) is 0 Å². The van der Waals surface area contributed by atoms with Crippen molar-refractivity contribution < 1.29 is 0 Å². The lowest BCUT2D eigenvalue weighted by molar-refractivity contribution is 1.17. The molecular formula is C35H22. The van der Waals surface area contributed by atoms with Crippen molar-refractivity contribution in [3.05, 3.63) is 130 Å². The highest BCUT2D eigenvalue weighted by molar-refractivity contribution is 5.98. The molecule has 0 heteroatoms. The Kier molecular flexibility index (Phi) is 3.27. The van der Waals surface area contributed by atoms with E-state index in [1.807, 2.05) is 0 Å². The molecule has 0 saturated carbocycles. The molecule has 0 nitrogen and oxygen atoms in total. The maximum Gasteiger partial charge on any atom is -0.000421 e. The molecule has 9 rings (SSSR count). The summed E-state index contributed by atoms with van der Waals surface area (Å²) < 4.78 is 0. The van der Waals surface area contributed by atoms with Gasteiger partial charge >= 0.3 is 0 Å². The van der Waals surface area contributed by atoms with Crippen LogP contribution < -0.4 is 0 Å². The standard InChI is InChI=1S/C35H22/c1-2-7-22-15-31-23(13-21(22)6-1)14-24-16-30-25(17-32(24)31)18-33-29(30)12-11-28-27-10-9-20-5-3-4-8-26(20)34(27)19-35(28)33/h1-13,15-17H,14,18-19H2. The fraction of sp³-hybridized carbons (Fsp3) is 0.0857. The molecule has 0 heterocycles. The van der Waals surface area contributed by atoms with Gasteiger partial charge < -0.3 is 0 Å². The second-order valence-electron chi connectivity index (χ2n) is 10.5. The molecule has 0 saturated heterocycles. The van der Waals surface area contributed by atoms with E-state index in [2.05, 4.69) is 97.1 Å². The highest BCUT2D eigenvalue weighted by atomic mass is 14.3. The van der Waals surface area contributed by atoms with Gasteiger partial charge in [0, 0.05) is 0 Å². The molecule has 0 aromatic heterocycles. The van der Waals surface area contributed by atoms with Crippen molar-refractivity contribution in [1.82, 2.24) is 0 Å². The van der Waals surface area contributed by atoms with Gasteiger partial charge in [-0.05, 0) is 126 Å². The van der Waals surface area contributed by atoms with E-state index in [1.54, 1.807) is 11.1 Å². The van der Waals surface area contributed by atoms with Gasteiger partial charge in [0.25, 0.3) is 0 Å². The molecule has 0 atom stereocenters. The molecule has 0 amide bonds. The highest BCUT2D eigenvalue weighted by Gasteiger charge is 2.30. The first-order valence-electron chi connectivity index (χ1n) is 12.7. The number of benzene rings is 6. The minimum atomic E-state index is 1.04. The quantitative estimate of drug-likeness (QED) is 0.220. The van der Waals surface area contributed by atoms with Crippen LogP contribution in [-0.4, -0.2) is 0 Å². The van der Waals surface area contributed by atoms with Gasteiger partial charge in [0.1, 0.15) is 0 Å². The van der Waals surface area contributed by atoms with Crippen LogP contribution in [0, 0.1) is 0 Å². The van der Waals surface area contributed by atoms with Gasteiger partial charge in [-0.15, -0.1) is 0 Å². The summed E-state index contributed by atoms with van der Waals surface area (Å²) in [5.41, 5.74) is 17.7. The molecule has 162 valence electrons. The third-order valence-corrected chi connectivity index (χ3v) is 8.74. The molecule has 0 N–H and O–H groups in total. The number of rotatable bonds is 0. The molecule has 0 bridgehead atoms. The average Bonchev–Trinajstić information content (AvgIpc) is 3.56. The molecule has 0 spiro atoms. The average molecular weight is 443 g/mol. The van der Waals surface area contributed by atoms with Crippen LogP contribution in [0.1, 0.15) is 33.4 Å². The highest BCUT2D eigenvalue weighted by Crippen LogP contribution is 2.50. The molecule has 3 aliphatic rings. The summed E-state index contributed by atoms with van der Waals surface area (Å²) >= 11 is 0. The normalized spacial score (nSPS) is 13.9. The summed E-state index contributed by atoms with van der Waals surface area (Å²) in [6.45, 7) is 0. The molecule has 6 aromatic carbocycles. The second-order valence-corrected chi connectivity index (χ2v) is 10.5. The molecule has 0 radical (unpaired) electrons. The number of hydrogen-bond donors (Lipinski definition) is 0. The zero-order valence-corrected chi connectivity index (χ0v) is 19.4. The van der Waals surface area contributed by atoms with Crippen LogP contribution in [0.3, 0.4) is 0 Å². The van der Waals surface area contributed by atoms with E-state index in [1.165, 1.54) is 77.2 Å². The Labute approximate surface area is 204 Å². The van der Waals surface area contributed by atoms with E-state index in [4.69, 9.17) is 0 Å². The van der Waals surface area contributed by atoms with Crippen LogP contribution >= 0.6 is 0 Å². The van der Waals surface area contributed by atoms with Gasteiger partial charge in [-0.2, -0.15) is 0 Å². The molecule has 3 aliphatic carbocycles. The zero-order chi connectivity index (χ0) is 22.7. The summed E-state index contributed by atoms with van der Waals surface area (Å²) in [6, 6.07) is 36.8. The number of hydrogen-bond acceptors (Lipinski definition) is 0. The van der Waals surface area contributed by atoms with E-state index < -0.39 is 0 Å². The predicted octanol–water partition coefficient (Wildman–Crippen LogP) is 8.71. The Morgan fingerprint density at radius 2 is 0.886 bits per heavy atom. The van der Waals surface area contributed by atoms with Crippen molar-refractivity contribution in [2.24, 2.45) is 0 Å². The first-order chi connectivity index (χ1) is 17.3. The maximum absolute atomic E-state index is 2.51. The zero-order valence-electron chi connectivity index (χ0n) is 19.4. The van der Waals surface area contributed by atoms with Crippen LogP contribution in [-0.2, 0) is 19.3 Å². The Balaban J connectivity index is 1.19. The van der Waals surface area contributed by atoms with Crippen LogP contribution in [0.4, 0.5) is 0 Å². The molecule has 0 aliphatic heterocycles. The lowest BCUT2D eigenvalue weighted by Crippen LogP contribution is -1.91. The van der Waals surface area contributed by atoms with E-state index in [0.29, 0.717) is 0 Å². The van der Waals surface area contributed by atoms with E-state index in [-0.39, 0.29) is 0 Å². The van der Waals surface area contributed by atoms with Crippen molar-refractivity contribution in [2.45, 2.75) is 19.3 Å². The summed E-state index contributed by atoms with van der Waals surface area (Å²) in [5.74, 6) is 0. The summed E-state index contributed by atoms with van der Waals surface area (Å²) in [7, 11) is 0. The number of fused-ring (bicyclic) bond motifs is 13. The summed E-state index contributed by atoms with van der Waals surface area (Å²) in [5, 5.41) is 5.44. The van der Waals surface area contributed by atoms with Crippen molar-refractivity contribution in [3.63, 3.8) is 0 Å². The molecule has 0 fully saturated rings. The van der Waals surface area contributed by atoms with E-state index >= 15 is 0 Å². The van der Waals surface area contributed by atoms with Gasteiger partial charge in [0.2, 0.25) is 0 Å². The summed E-state index contributed by atoms with van der Waals surface area (Å²) in [6.07, 6.45) is 3.15. The Bertz CT molecular complexity index is 1920. The van der Waals surface area contributed by atoms with Crippen molar-refractivity contribution >= 4 is 21.5 Å². The van der Waals surface area contributed by atoms with Gasteiger partial charge in [0.05, 0.1) is 0 Å². The second kappa shape index (κ2) is 6.29. The topological polar surface area (TPSA) is 0 Å². The largest absolute Gasteiger partial charge is 0.0616 e. The van der Waals surface area contributed by atoms with Gasteiger partial charge in [-0.3, -0.25) is 0 Å². The van der Waals surface area contributed by atoms with Gasteiger partial charge in [-0.25, -0.2) is 0 Å². The Hall–Kier alpha value is -4.16. The third-order valence-electron chi connectivity index (χ3n) is 8.74. The Morgan fingerprint density at radius 3 is 1.74 bits per heavy atom. The van der Waals surface area contributed by atoms with Crippen molar-refractivity contribution in [2.75, 3.05) is 0 Å². The monoisotopic (exact) mass is 442 g/mol.